The number of piperidine rings is 1. The molecule has 1 aromatic carbocycles. The van der Waals surface area contributed by atoms with E-state index in [9.17, 15) is 9.59 Å². The Morgan fingerprint density at radius 1 is 1.00 bits per heavy atom. The van der Waals surface area contributed by atoms with E-state index in [0.717, 1.165) is 25.9 Å². The zero-order chi connectivity index (χ0) is 18.6. The summed E-state index contributed by atoms with van der Waals surface area (Å²) < 4.78 is 0. The average molecular weight is 344 g/mol. The molecule has 0 spiro atoms. The summed E-state index contributed by atoms with van der Waals surface area (Å²) in [6.07, 6.45) is 3.29. The number of benzene rings is 1. The summed E-state index contributed by atoms with van der Waals surface area (Å²) >= 11 is 0. The second-order valence-electron chi connectivity index (χ2n) is 8.41. The quantitative estimate of drug-likeness (QED) is 0.904. The molecule has 1 aliphatic rings. The van der Waals surface area contributed by atoms with E-state index in [1.165, 1.54) is 12.0 Å². The summed E-state index contributed by atoms with van der Waals surface area (Å²) in [6.45, 7) is 12.0. The van der Waals surface area contributed by atoms with Gasteiger partial charge < -0.3 is 10.2 Å². The number of carbonyl (C=O) groups excluding carboxylic acids is 2. The van der Waals surface area contributed by atoms with Crippen LogP contribution in [-0.2, 0) is 10.2 Å². The molecule has 0 bridgehead atoms. The summed E-state index contributed by atoms with van der Waals surface area (Å²) in [7, 11) is 0. The van der Waals surface area contributed by atoms with Gasteiger partial charge in [0, 0.05) is 18.7 Å². The molecule has 2 amide bonds. The minimum absolute atomic E-state index is 0.0503. The largest absolute Gasteiger partial charge is 0.341 e. The third-order valence-corrected chi connectivity index (χ3v) is 4.90. The molecular weight excluding hydrogens is 312 g/mol. The van der Waals surface area contributed by atoms with E-state index in [2.05, 4.69) is 26.1 Å². The van der Waals surface area contributed by atoms with E-state index in [1.807, 2.05) is 43.0 Å². The molecule has 1 N–H and O–H groups in total. The van der Waals surface area contributed by atoms with Gasteiger partial charge in [-0.25, -0.2) is 0 Å². The van der Waals surface area contributed by atoms with Crippen molar-refractivity contribution in [3.05, 3.63) is 35.4 Å². The highest BCUT2D eigenvalue weighted by Gasteiger charge is 2.29. The first-order valence-corrected chi connectivity index (χ1v) is 9.40. The Balaban J connectivity index is 2.08. The summed E-state index contributed by atoms with van der Waals surface area (Å²) in [5.41, 5.74) is 1.85. The third-order valence-electron chi connectivity index (χ3n) is 4.90. The molecule has 25 heavy (non-hydrogen) atoms. The van der Waals surface area contributed by atoms with Gasteiger partial charge in [0.15, 0.2) is 0 Å². The Morgan fingerprint density at radius 2 is 1.56 bits per heavy atom. The molecule has 1 aromatic rings. The van der Waals surface area contributed by atoms with Crippen molar-refractivity contribution >= 4 is 11.8 Å². The number of nitrogens with zero attached hydrogens (tertiary/aromatic N) is 1. The van der Waals surface area contributed by atoms with Crippen LogP contribution in [0.1, 0.15) is 69.8 Å². The van der Waals surface area contributed by atoms with Crippen LogP contribution in [0.15, 0.2) is 24.3 Å². The highest BCUT2D eigenvalue weighted by atomic mass is 16.2. The SMILES string of the molecule is CC(C)[C@@H](NC(=O)c1ccc(C(C)(C)C)cc1)C(=O)N1CCCCC1. The van der Waals surface area contributed by atoms with Crippen LogP contribution in [0.3, 0.4) is 0 Å². The minimum atomic E-state index is -0.465. The van der Waals surface area contributed by atoms with Crippen molar-refractivity contribution in [2.24, 2.45) is 5.92 Å². The molecule has 1 heterocycles. The van der Waals surface area contributed by atoms with Crippen LogP contribution >= 0.6 is 0 Å². The van der Waals surface area contributed by atoms with Crippen molar-refractivity contribution < 1.29 is 9.59 Å². The Labute approximate surface area is 152 Å². The highest BCUT2D eigenvalue weighted by Crippen LogP contribution is 2.22. The Hall–Kier alpha value is -1.84. The van der Waals surface area contributed by atoms with Crippen LogP contribution in [0, 0.1) is 5.92 Å². The maximum Gasteiger partial charge on any atom is 0.251 e. The van der Waals surface area contributed by atoms with Gasteiger partial charge in [0.2, 0.25) is 5.91 Å². The molecule has 0 radical (unpaired) electrons. The molecule has 0 unspecified atom stereocenters. The number of hydrogen-bond acceptors (Lipinski definition) is 2. The zero-order valence-electron chi connectivity index (χ0n) is 16.3. The highest BCUT2D eigenvalue weighted by molar-refractivity contribution is 5.97. The van der Waals surface area contributed by atoms with E-state index in [4.69, 9.17) is 0 Å². The van der Waals surface area contributed by atoms with Crippen LogP contribution in [0.4, 0.5) is 0 Å². The maximum atomic E-state index is 12.8. The number of likely N-dealkylation sites (tertiary alicyclic amines) is 1. The van der Waals surface area contributed by atoms with Crippen molar-refractivity contribution in [1.29, 1.82) is 0 Å². The van der Waals surface area contributed by atoms with Crippen molar-refractivity contribution in [1.82, 2.24) is 10.2 Å². The fourth-order valence-electron chi connectivity index (χ4n) is 3.17. The lowest BCUT2D eigenvalue weighted by Crippen LogP contribution is -2.52. The van der Waals surface area contributed by atoms with Gasteiger partial charge in [0.05, 0.1) is 0 Å². The maximum absolute atomic E-state index is 12.8. The minimum Gasteiger partial charge on any atom is -0.341 e. The first-order valence-electron chi connectivity index (χ1n) is 9.40. The first-order chi connectivity index (χ1) is 11.7. The predicted molar refractivity (Wildman–Crippen MR) is 102 cm³/mol. The normalized spacial score (nSPS) is 16.6. The number of hydrogen-bond donors (Lipinski definition) is 1. The molecule has 1 fully saturated rings. The van der Waals surface area contributed by atoms with Gasteiger partial charge in [-0.1, -0.05) is 46.8 Å². The topological polar surface area (TPSA) is 49.4 Å². The third kappa shape index (κ3) is 5.07. The van der Waals surface area contributed by atoms with E-state index < -0.39 is 6.04 Å². The van der Waals surface area contributed by atoms with Gasteiger partial charge in [0.1, 0.15) is 6.04 Å². The molecule has 0 saturated carbocycles. The van der Waals surface area contributed by atoms with E-state index >= 15 is 0 Å². The van der Waals surface area contributed by atoms with Crippen LogP contribution in [0.25, 0.3) is 0 Å². The monoisotopic (exact) mass is 344 g/mol. The lowest BCUT2D eigenvalue weighted by molar-refractivity contribution is -0.135. The number of nitrogens with one attached hydrogen (secondary N) is 1. The predicted octanol–water partition coefficient (Wildman–Crippen LogP) is 3.75. The van der Waals surface area contributed by atoms with Gasteiger partial charge in [-0.2, -0.15) is 0 Å². The number of amides is 2. The number of rotatable bonds is 4. The molecule has 2 rings (SSSR count). The van der Waals surface area contributed by atoms with Crippen LogP contribution in [0.5, 0.6) is 0 Å². The second-order valence-corrected chi connectivity index (χ2v) is 8.41. The van der Waals surface area contributed by atoms with E-state index in [1.54, 1.807) is 0 Å². The van der Waals surface area contributed by atoms with Crippen LogP contribution in [-0.4, -0.2) is 35.8 Å². The Morgan fingerprint density at radius 3 is 2.04 bits per heavy atom. The Bertz CT molecular complexity index is 593. The summed E-state index contributed by atoms with van der Waals surface area (Å²) in [5, 5.41) is 2.96. The van der Waals surface area contributed by atoms with Crippen molar-refractivity contribution in [3.63, 3.8) is 0 Å². The van der Waals surface area contributed by atoms with Gasteiger partial charge in [-0.15, -0.1) is 0 Å². The summed E-state index contributed by atoms with van der Waals surface area (Å²) in [6, 6.07) is 7.21. The molecule has 1 aliphatic heterocycles. The van der Waals surface area contributed by atoms with Crippen LogP contribution in [0.2, 0.25) is 0 Å². The van der Waals surface area contributed by atoms with Gasteiger partial charge in [-0.3, -0.25) is 9.59 Å². The van der Waals surface area contributed by atoms with Crippen molar-refractivity contribution in [3.8, 4) is 0 Å². The lowest BCUT2D eigenvalue weighted by Gasteiger charge is -2.32. The first kappa shape index (κ1) is 19.5. The molecule has 4 nitrogen and oxygen atoms in total. The molecule has 1 atom stereocenters. The summed E-state index contributed by atoms with van der Waals surface area (Å²) in [4.78, 5) is 27.3. The van der Waals surface area contributed by atoms with Crippen molar-refractivity contribution in [2.45, 2.75) is 65.3 Å². The average Bonchev–Trinajstić information content (AvgIpc) is 2.58. The standard InChI is InChI=1S/C21H32N2O2/c1-15(2)18(20(25)23-13-7-6-8-14-23)22-19(24)16-9-11-17(12-10-16)21(3,4)5/h9-12,15,18H,6-8,13-14H2,1-5H3,(H,22,24)/t18-/m1/s1. The summed E-state index contributed by atoms with van der Waals surface area (Å²) in [5.74, 6) is -0.0638. The number of carbonyl (C=O) groups is 2. The molecular formula is C21H32N2O2. The molecule has 0 aliphatic carbocycles. The molecule has 1 saturated heterocycles. The molecule has 4 heteroatoms. The van der Waals surface area contributed by atoms with Crippen molar-refractivity contribution in [2.75, 3.05) is 13.1 Å². The van der Waals surface area contributed by atoms with Gasteiger partial charge >= 0.3 is 0 Å². The smallest absolute Gasteiger partial charge is 0.251 e. The zero-order valence-corrected chi connectivity index (χ0v) is 16.3. The van der Waals surface area contributed by atoms with E-state index in [-0.39, 0.29) is 23.1 Å². The molecule has 138 valence electrons. The second kappa shape index (κ2) is 8.03. The Kier molecular flexibility index (Phi) is 6.26. The molecule has 0 aromatic heterocycles. The van der Waals surface area contributed by atoms with Gasteiger partial charge in [-0.05, 0) is 48.3 Å². The fourth-order valence-corrected chi connectivity index (χ4v) is 3.17. The lowest BCUT2D eigenvalue weighted by atomic mass is 9.86. The van der Waals surface area contributed by atoms with Crippen LogP contribution < -0.4 is 5.32 Å². The van der Waals surface area contributed by atoms with E-state index in [0.29, 0.717) is 5.56 Å². The van der Waals surface area contributed by atoms with Gasteiger partial charge in [0.25, 0.3) is 5.91 Å². The fraction of sp³-hybridized carbons (Fsp3) is 0.619.